The van der Waals surface area contributed by atoms with Crippen LogP contribution in [0.15, 0.2) is 30.5 Å². The number of hydrogen-bond acceptors (Lipinski definition) is 3. The molecule has 0 aliphatic heterocycles. The molecule has 1 unspecified atom stereocenters. The van der Waals surface area contributed by atoms with Crippen LogP contribution < -0.4 is 5.32 Å². The number of fused-ring (bicyclic) bond motifs is 1. The third-order valence-electron chi connectivity index (χ3n) is 2.84. The van der Waals surface area contributed by atoms with Gasteiger partial charge in [0.1, 0.15) is 6.04 Å². The van der Waals surface area contributed by atoms with E-state index >= 15 is 0 Å². The van der Waals surface area contributed by atoms with Crippen molar-refractivity contribution in [2.24, 2.45) is 0 Å². The number of rotatable bonds is 5. The fourth-order valence-corrected chi connectivity index (χ4v) is 2.13. The molecule has 2 rings (SSSR count). The van der Waals surface area contributed by atoms with E-state index in [0.717, 1.165) is 16.5 Å². The van der Waals surface area contributed by atoms with E-state index in [1.807, 2.05) is 24.3 Å². The predicted octanol–water partition coefficient (Wildman–Crippen LogP) is 1.21. The molecule has 100 valence electrons. The Bertz CT molecular complexity index is 609. The van der Waals surface area contributed by atoms with Crippen molar-refractivity contribution in [2.75, 3.05) is 5.75 Å². The maximum atomic E-state index is 11.8. The van der Waals surface area contributed by atoms with Gasteiger partial charge in [-0.15, -0.1) is 0 Å². The molecule has 0 saturated carbocycles. The van der Waals surface area contributed by atoms with E-state index in [4.69, 9.17) is 5.11 Å². The number of aliphatic carboxylic acids is 1. The molecular weight excluding hydrogens is 264 g/mol. The number of thiol groups is 1. The van der Waals surface area contributed by atoms with Gasteiger partial charge < -0.3 is 15.4 Å². The Balaban J connectivity index is 2.09. The second-order valence-corrected chi connectivity index (χ2v) is 4.54. The first-order chi connectivity index (χ1) is 9.11. The van der Waals surface area contributed by atoms with Crippen molar-refractivity contribution in [3.8, 4) is 0 Å². The number of nitrogens with one attached hydrogen (secondary N) is 2. The van der Waals surface area contributed by atoms with Gasteiger partial charge in [0.05, 0.1) is 6.42 Å². The van der Waals surface area contributed by atoms with Crippen molar-refractivity contribution >= 4 is 35.4 Å². The average molecular weight is 278 g/mol. The molecule has 0 fully saturated rings. The Morgan fingerprint density at radius 2 is 2.11 bits per heavy atom. The van der Waals surface area contributed by atoms with Crippen molar-refractivity contribution < 1.29 is 14.7 Å². The van der Waals surface area contributed by atoms with Gasteiger partial charge in [0.2, 0.25) is 5.91 Å². The van der Waals surface area contributed by atoms with Gasteiger partial charge in [0.25, 0.3) is 0 Å². The van der Waals surface area contributed by atoms with Gasteiger partial charge >= 0.3 is 5.97 Å². The lowest BCUT2D eigenvalue weighted by Gasteiger charge is -2.11. The van der Waals surface area contributed by atoms with E-state index in [9.17, 15) is 9.59 Å². The molecule has 1 aromatic heterocycles. The quantitative estimate of drug-likeness (QED) is 0.620. The van der Waals surface area contributed by atoms with Crippen LogP contribution in [-0.2, 0) is 16.0 Å². The molecule has 5 nitrogen and oxygen atoms in total. The van der Waals surface area contributed by atoms with Gasteiger partial charge in [-0.3, -0.25) is 4.79 Å². The molecule has 1 amide bonds. The third kappa shape index (κ3) is 3.08. The van der Waals surface area contributed by atoms with E-state index in [1.54, 1.807) is 6.20 Å². The van der Waals surface area contributed by atoms with Crippen molar-refractivity contribution in [1.29, 1.82) is 0 Å². The van der Waals surface area contributed by atoms with Gasteiger partial charge in [-0.25, -0.2) is 4.79 Å². The number of carboxylic acid groups (broad SMARTS) is 1. The van der Waals surface area contributed by atoms with Crippen LogP contribution in [-0.4, -0.2) is 33.8 Å². The lowest BCUT2D eigenvalue weighted by Crippen LogP contribution is -2.42. The van der Waals surface area contributed by atoms with E-state index in [-0.39, 0.29) is 18.1 Å². The van der Waals surface area contributed by atoms with Gasteiger partial charge in [-0.2, -0.15) is 12.6 Å². The Morgan fingerprint density at radius 3 is 2.79 bits per heavy atom. The minimum Gasteiger partial charge on any atom is -0.480 e. The number of carbonyl (C=O) groups is 2. The summed E-state index contributed by atoms with van der Waals surface area (Å²) in [6.07, 6.45) is 1.91. The number of carboxylic acids is 1. The van der Waals surface area contributed by atoms with Gasteiger partial charge in [0, 0.05) is 22.9 Å². The highest BCUT2D eigenvalue weighted by molar-refractivity contribution is 7.80. The summed E-state index contributed by atoms with van der Waals surface area (Å²) in [5.41, 5.74) is 1.80. The second-order valence-electron chi connectivity index (χ2n) is 4.18. The Hall–Kier alpha value is -1.95. The molecule has 0 aliphatic carbocycles. The Labute approximate surface area is 115 Å². The molecule has 2 aromatic rings. The number of H-pyrrole nitrogens is 1. The van der Waals surface area contributed by atoms with Crippen LogP contribution in [0.5, 0.6) is 0 Å². The molecule has 3 N–H and O–H groups in total. The van der Waals surface area contributed by atoms with E-state index in [1.165, 1.54) is 0 Å². The van der Waals surface area contributed by atoms with Gasteiger partial charge in [-0.1, -0.05) is 18.2 Å². The first-order valence-corrected chi connectivity index (χ1v) is 6.43. The van der Waals surface area contributed by atoms with E-state index < -0.39 is 12.0 Å². The number of benzene rings is 1. The zero-order chi connectivity index (χ0) is 13.8. The first-order valence-electron chi connectivity index (χ1n) is 5.80. The lowest BCUT2D eigenvalue weighted by molar-refractivity contribution is -0.141. The number of hydrogen-bond donors (Lipinski definition) is 4. The summed E-state index contributed by atoms with van der Waals surface area (Å²) in [5, 5.41) is 12.3. The number of para-hydroxylation sites is 1. The smallest absolute Gasteiger partial charge is 0.327 e. The zero-order valence-electron chi connectivity index (χ0n) is 10.1. The normalized spacial score (nSPS) is 12.3. The highest BCUT2D eigenvalue weighted by atomic mass is 32.1. The summed E-state index contributed by atoms with van der Waals surface area (Å²) in [5.74, 6) is -1.34. The van der Waals surface area contributed by atoms with Crippen molar-refractivity contribution in [2.45, 2.75) is 12.5 Å². The fourth-order valence-electron chi connectivity index (χ4n) is 1.88. The standard InChI is InChI=1S/C13H14N2O3S/c16-12(15-11(7-19)13(17)18)5-8-6-14-10-4-2-1-3-9(8)10/h1-4,6,11,14,19H,5,7H2,(H,15,16)(H,17,18). The molecule has 0 spiro atoms. The number of aromatic amines is 1. The van der Waals surface area contributed by atoms with E-state index in [2.05, 4.69) is 22.9 Å². The van der Waals surface area contributed by atoms with Gasteiger partial charge in [0.15, 0.2) is 0 Å². The van der Waals surface area contributed by atoms with Crippen LogP contribution in [0.2, 0.25) is 0 Å². The maximum Gasteiger partial charge on any atom is 0.327 e. The van der Waals surface area contributed by atoms with Crippen LogP contribution in [0, 0.1) is 0 Å². The summed E-state index contributed by atoms with van der Waals surface area (Å²) in [7, 11) is 0. The Morgan fingerprint density at radius 1 is 1.37 bits per heavy atom. The summed E-state index contributed by atoms with van der Waals surface area (Å²) < 4.78 is 0. The summed E-state index contributed by atoms with van der Waals surface area (Å²) in [4.78, 5) is 25.7. The minimum atomic E-state index is -1.08. The summed E-state index contributed by atoms with van der Waals surface area (Å²) >= 11 is 3.90. The Kier molecular flexibility index (Phi) is 4.11. The monoisotopic (exact) mass is 278 g/mol. The highest BCUT2D eigenvalue weighted by Crippen LogP contribution is 2.17. The second kappa shape index (κ2) is 5.79. The van der Waals surface area contributed by atoms with Crippen LogP contribution in [0.3, 0.4) is 0 Å². The predicted molar refractivity (Wildman–Crippen MR) is 75.4 cm³/mol. The lowest BCUT2D eigenvalue weighted by atomic mass is 10.1. The summed E-state index contributed by atoms with van der Waals surface area (Å²) in [6, 6.07) is 6.68. The molecule has 1 atom stereocenters. The van der Waals surface area contributed by atoms with Crippen molar-refractivity contribution in [3.63, 3.8) is 0 Å². The maximum absolute atomic E-state index is 11.8. The number of aromatic nitrogens is 1. The molecule has 0 saturated heterocycles. The molecule has 0 bridgehead atoms. The SMILES string of the molecule is O=C(Cc1c[nH]c2ccccc12)NC(CS)C(=O)O. The molecule has 19 heavy (non-hydrogen) atoms. The summed E-state index contributed by atoms with van der Waals surface area (Å²) in [6.45, 7) is 0. The third-order valence-corrected chi connectivity index (χ3v) is 3.21. The largest absolute Gasteiger partial charge is 0.480 e. The van der Waals surface area contributed by atoms with Crippen molar-refractivity contribution in [1.82, 2.24) is 10.3 Å². The van der Waals surface area contributed by atoms with Crippen LogP contribution >= 0.6 is 12.6 Å². The first kappa shape index (κ1) is 13.5. The topological polar surface area (TPSA) is 82.2 Å². The molecule has 6 heteroatoms. The average Bonchev–Trinajstić information content (AvgIpc) is 2.79. The molecule has 1 aromatic carbocycles. The van der Waals surface area contributed by atoms with Crippen LogP contribution in [0.1, 0.15) is 5.56 Å². The molecule has 1 heterocycles. The van der Waals surface area contributed by atoms with Crippen LogP contribution in [0.25, 0.3) is 10.9 Å². The highest BCUT2D eigenvalue weighted by Gasteiger charge is 2.18. The van der Waals surface area contributed by atoms with Crippen LogP contribution in [0.4, 0.5) is 0 Å². The number of amides is 1. The number of carbonyl (C=O) groups excluding carboxylic acids is 1. The molecular formula is C13H14N2O3S. The molecule has 0 aliphatic rings. The minimum absolute atomic E-state index is 0.0644. The van der Waals surface area contributed by atoms with E-state index in [0.29, 0.717) is 0 Å². The molecule has 0 radical (unpaired) electrons. The fraction of sp³-hybridized carbons (Fsp3) is 0.231. The zero-order valence-corrected chi connectivity index (χ0v) is 11.0. The van der Waals surface area contributed by atoms with Crippen molar-refractivity contribution in [3.05, 3.63) is 36.0 Å². The van der Waals surface area contributed by atoms with Gasteiger partial charge in [-0.05, 0) is 11.6 Å².